The Morgan fingerprint density at radius 1 is 1.17 bits per heavy atom. The first kappa shape index (κ1) is 14.8. The van der Waals surface area contributed by atoms with Crippen molar-refractivity contribution < 1.29 is 4.74 Å². The number of hydrogen-bond acceptors (Lipinski definition) is 5. The number of aromatic amines is 1. The third-order valence-corrected chi connectivity index (χ3v) is 4.29. The van der Waals surface area contributed by atoms with Gasteiger partial charge in [-0.1, -0.05) is 0 Å². The minimum Gasteiger partial charge on any atom is -0.497 e. The van der Waals surface area contributed by atoms with Gasteiger partial charge in [-0.05, 0) is 24.3 Å². The van der Waals surface area contributed by atoms with E-state index in [9.17, 15) is 0 Å². The molecule has 24 heavy (non-hydrogen) atoms. The molecule has 0 fully saturated rings. The van der Waals surface area contributed by atoms with Crippen molar-refractivity contribution in [1.82, 2.24) is 24.8 Å². The molecule has 1 aliphatic heterocycles. The highest BCUT2D eigenvalue weighted by Gasteiger charge is 2.20. The molecule has 3 heterocycles. The van der Waals surface area contributed by atoms with Gasteiger partial charge in [0.1, 0.15) is 17.9 Å². The standard InChI is InChI=1S/C18H19N5O/c1-24-15-4-2-14(3-5-15)18-21-16-6-7-23(11-17(16)22-18)10-13-8-19-12-20-9-13/h2-5,8-9,12H,6-7,10-11H2,1H3,(H,21,22). The summed E-state index contributed by atoms with van der Waals surface area (Å²) < 4.78 is 5.21. The van der Waals surface area contributed by atoms with Crippen LogP contribution in [0, 0.1) is 0 Å². The van der Waals surface area contributed by atoms with Gasteiger partial charge in [0.15, 0.2) is 0 Å². The number of benzene rings is 1. The van der Waals surface area contributed by atoms with Crippen LogP contribution in [0.3, 0.4) is 0 Å². The molecule has 0 bridgehead atoms. The highest BCUT2D eigenvalue weighted by atomic mass is 16.5. The minimum absolute atomic E-state index is 0.853. The molecule has 6 nitrogen and oxygen atoms in total. The Labute approximate surface area is 140 Å². The lowest BCUT2D eigenvalue weighted by Crippen LogP contribution is -2.30. The minimum atomic E-state index is 0.853. The van der Waals surface area contributed by atoms with Crippen LogP contribution in [-0.2, 0) is 19.5 Å². The first-order valence-electron chi connectivity index (χ1n) is 8.00. The number of rotatable bonds is 4. The number of aromatic nitrogens is 4. The molecule has 4 rings (SSSR count). The Morgan fingerprint density at radius 2 is 1.96 bits per heavy atom. The normalized spacial score (nSPS) is 14.4. The van der Waals surface area contributed by atoms with Crippen molar-refractivity contribution >= 4 is 0 Å². The summed E-state index contributed by atoms with van der Waals surface area (Å²) in [5.74, 6) is 1.78. The Hall–Kier alpha value is -2.73. The Morgan fingerprint density at radius 3 is 2.71 bits per heavy atom. The molecule has 0 aliphatic carbocycles. The second kappa shape index (κ2) is 6.41. The summed E-state index contributed by atoms with van der Waals surface area (Å²) >= 11 is 0. The maximum atomic E-state index is 5.21. The summed E-state index contributed by atoms with van der Waals surface area (Å²) in [6, 6.07) is 7.97. The summed E-state index contributed by atoms with van der Waals surface area (Å²) in [4.78, 5) is 18.8. The Bertz CT molecular complexity index is 813. The summed E-state index contributed by atoms with van der Waals surface area (Å²) in [5, 5.41) is 0. The highest BCUT2D eigenvalue weighted by Crippen LogP contribution is 2.25. The van der Waals surface area contributed by atoms with Gasteiger partial charge in [-0.25, -0.2) is 15.0 Å². The summed E-state index contributed by atoms with van der Waals surface area (Å²) in [6.07, 6.45) is 6.26. The molecular formula is C18H19N5O. The van der Waals surface area contributed by atoms with Crippen molar-refractivity contribution in [3.63, 3.8) is 0 Å². The average Bonchev–Trinajstić information content (AvgIpc) is 3.06. The molecule has 2 aromatic heterocycles. The van der Waals surface area contributed by atoms with Crippen LogP contribution in [0.1, 0.15) is 17.0 Å². The van der Waals surface area contributed by atoms with Crippen molar-refractivity contribution in [3.8, 4) is 17.1 Å². The topological polar surface area (TPSA) is 66.9 Å². The second-order valence-corrected chi connectivity index (χ2v) is 5.95. The molecule has 6 heteroatoms. The monoisotopic (exact) mass is 321 g/mol. The van der Waals surface area contributed by atoms with Crippen LogP contribution in [0.5, 0.6) is 5.75 Å². The Balaban J connectivity index is 1.51. The molecule has 0 saturated heterocycles. The number of methoxy groups -OCH3 is 1. The molecule has 0 unspecified atom stereocenters. The van der Waals surface area contributed by atoms with Gasteiger partial charge in [0, 0.05) is 49.6 Å². The predicted octanol–water partition coefficient (Wildman–Crippen LogP) is 2.43. The fraction of sp³-hybridized carbons (Fsp3) is 0.278. The fourth-order valence-electron chi connectivity index (χ4n) is 3.04. The number of ether oxygens (including phenoxy) is 1. The Kier molecular flexibility index (Phi) is 3.96. The lowest BCUT2D eigenvalue weighted by Gasteiger charge is -2.25. The molecule has 0 atom stereocenters. The van der Waals surface area contributed by atoms with Crippen LogP contribution >= 0.6 is 0 Å². The third kappa shape index (κ3) is 3.00. The summed E-state index contributed by atoms with van der Waals surface area (Å²) in [5.41, 5.74) is 4.58. The van der Waals surface area contributed by atoms with Gasteiger partial charge in [0.25, 0.3) is 0 Å². The second-order valence-electron chi connectivity index (χ2n) is 5.95. The van der Waals surface area contributed by atoms with E-state index >= 15 is 0 Å². The molecule has 0 amide bonds. The molecule has 0 spiro atoms. The maximum absolute atomic E-state index is 5.21. The highest BCUT2D eigenvalue weighted by molar-refractivity contribution is 5.57. The van der Waals surface area contributed by atoms with Gasteiger partial charge in [0.05, 0.1) is 18.5 Å². The predicted molar refractivity (Wildman–Crippen MR) is 90.4 cm³/mol. The number of hydrogen-bond donors (Lipinski definition) is 1. The van der Waals surface area contributed by atoms with Gasteiger partial charge in [0.2, 0.25) is 0 Å². The van der Waals surface area contributed by atoms with Crippen LogP contribution in [0.25, 0.3) is 11.4 Å². The van der Waals surface area contributed by atoms with Crippen LogP contribution in [0.15, 0.2) is 43.0 Å². The number of H-pyrrole nitrogens is 1. The molecule has 1 aromatic carbocycles. The largest absolute Gasteiger partial charge is 0.497 e. The van der Waals surface area contributed by atoms with E-state index in [4.69, 9.17) is 9.72 Å². The van der Waals surface area contributed by atoms with Gasteiger partial charge in [-0.3, -0.25) is 4.90 Å². The zero-order chi connectivity index (χ0) is 16.4. The maximum Gasteiger partial charge on any atom is 0.137 e. The van der Waals surface area contributed by atoms with E-state index in [0.29, 0.717) is 0 Å². The van der Waals surface area contributed by atoms with E-state index in [-0.39, 0.29) is 0 Å². The first-order valence-corrected chi connectivity index (χ1v) is 8.00. The van der Waals surface area contributed by atoms with E-state index in [1.165, 1.54) is 11.4 Å². The molecule has 122 valence electrons. The van der Waals surface area contributed by atoms with E-state index in [2.05, 4.69) is 19.9 Å². The summed E-state index contributed by atoms with van der Waals surface area (Å²) in [6.45, 7) is 2.72. The average molecular weight is 321 g/mol. The molecular weight excluding hydrogens is 302 g/mol. The number of nitrogens with zero attached hydrogens (tertiary/aromatic N) is 4. The fourth-order valence-corrected chi connectivity index (χ4v) is 3.04. The first-order chi connectivity index (χ1) is 11.8. The van der Waals surface area contributed by atoms with E-state index < -0.39 is 0 Å². The van der Waals surface area contributed by atoms with E-state index in [1.807, 2.05) is 36.7 Å². The quantitative estimate of drug-likeness (QED) is 0.799. The molecule has 0 saturated carbocycles. The van der Waals surface area contributed by atoms with Crippen LogP contribution < -0.4 is 4.74 Å². The third-order valence-electron chi connectivity index (χ3n) is 4.29. The van der Waals surface area contributed by atoms with Gasteiger partial charge in [-0.15, -0.1) is 0 Å². The van der Waals surface area contributed by atoms with Crippen molar-refractivity contribution in [1.29, 1.82) is 0 Å². The summed E-state index contributed by atoms with van der Waals surface area (Å²) in [7, 11) is 1.67. The lowest BCUT2D eigenvalue weighted by atomic mass is 10.1. The van der Waals surface area contributed by atoms with Crippen molar-refractivity contribution in [2.45, 2.75) is 19.5 Å². The lowest BCUT2D eigenvalue weighted by molar-refractivity contribution is 0.241. The van der Waals surface area contributed by atoms with E-state index in [1.54, 1.807) is 13.4 Å². The number of nitrogens with one attached hydrogen (secondary N) is 1. The van der Waals surface area contributed by atoms with E-state index in [0.717, 1.165) is 48.8 Å². The van der Waals surface area contributed by atoms with Crippen LogP contribution in [0.2, 0.25) is 0 Å². The SMILES string of the molecule is COc1ccc(-c2nc3c([nH]2)CN(Cc2cncnc2)CC3)cc1. The van der Waals surface area contributed by atoms with Gasteiger partial charge >= 0.3 is 0 Å². The molecule has 0 radical (unpaired) electrons. The van der Waals surface area contributed by atoms with Crippen molar-refractivity contribution in [2.75, 3.05) is 13.7 Å². The van der Waals surface area contributed by atoms with Gasteiger partial charge in [-0.2, -0.15) is 0 Å². The number of fused-ring (bicyclic) bond motifs is 1. The van der Waals surface area contributed by atoms with Crippen LogP contribution in [-0.4, -0.2) is 38.5 Å². The molecule has 1 N–H and O–H groups in total. The molecule has 3 aromatic rings. The van der Waals surface area contributed by atoms with Crippen molar-refractivity contribution in [3.05, 3.63) is 59.9 Å². The van der Waals surface area contributed by atoms with Crippen LogP contribution in [0.4, 0.5) is 0 Å². The smallest absolute Gasteiger partial charge is 0.137 e. The zero-order valence-electron chi connectivity index (χ0n) is 13.6. The number of imidazole rings is 1. The molecule has 1 aliphatic rings. The zero-order valence-corrected chi connectivity index (χ0v) is 13.6. The van der Waals surface area contributed by atoms with Crippen molar-refractivity contribution in [2.24, 2.45) is 0 Å². The van der Waals surface area contributed by atoms with Gasteiger partial charge < -0.3 is 9.72 Å².